The zero-order valence-corrected chi connectivity index (χ0v) is 8.73. The number of aromatic nitrogens is 2. The molecule has 1 heterocycles. The number of aliphatic hydroxyl groups excluding tert-OH is 1. The van der Waals surface area contributed by atoms with Gasteiger partial charge in [-0.3, -0.25) is 0 Å². The Hall–Kier alpha value is -2.13. The van der Waals surface area contributed by atoms with E-state index in [2.05, 4.69) is 31.9 Å². The van der Waals surface area contributed by atoms with E-state index >= 15 is 0 Å². The van der Waals surface area contributed by atoms with Crippen molar-refractivity contribution in [1.82, 2.24) is 9.97 Å². The van der Waals surface area contributed by atoms with Crippen LogP contribution in [0.2, 0.25) is 0 Å². The number of ether oxygens (including phenoxy) is 1. The van der Waals surface area contributed by atoms with Crippen molar-refractivity contribution in [3.05, 3.63) is 18.1 Å². The van der Waals surface area contributed by atoms with Crippen LogP contribution in [0.1, 0.15) is 10.4 Å². The fraction of sp³-hybridized carbons (Fsp3) is 0.300. The van der Waals surface area contributed by atoms with Crippen LogP contribution in [0.3, 0.4) is 0 Å². The highest BCUT2D eigenvalue weighted by molar-refractivity contribution is 5.94. The molecular weight excluding hydrogens is 210 g/mol. The molecule has 0 fully saturated rings. The Labute approximate surface area is 92.7 Å². The van der Waals surface area contributed by atoms with Crippen molar-refractivity contribution >= 4 is 11.8 Å². The number of anilines is 1. The van der Waals surface area contributed by atoms with Gasteiger partial charge in [0.2, 0.25) is 0 Å². The average molecular weight is 221 g/mol. The summed E-state index contributed by atoms with van der Waals surface area (Å²) in [5.74, 6) is 4.95. The molecule has 6 nitrogen and oxygen atoms in total. The molecule has 0 spiro atoms. The van der Waals surface area contributed by atoms with Crippen LogP contribution in [-0.2, 0) is 4.74 Å². The van der Waals surface area contributed by atoms with Crippen LogP contribution in [-0.4, -0.2) is 41.3 Å². The van der Waals surface area contributed by atoms with E-state index in [9.17, 15) is 4.79 Å². The van der Waals surface area contributed by atoms with Crippen molar-refractivity contribution in [3.63, 3.8) is 0 Å². The number of hydrogen-bond donors (Lipinski definition) is 2. The standard InChI is InChI=1S/C10H11N3O3/c1-16-10(15)8-6-11-7-13-9(8)12-4-2-3-5-14/h6-7,14H,4-5H2,1H3,(H,11,12,13). The van der Waals surface area contributed by atoms with E-state index in [0.29, 0.717) is 5.82 Å². The van der Waals surface area contributed by atoms with E-state index in [-0.39, 0.29) is 18.7 Å². The van der Waals surface area contributed by atoms with Gasteiger partial charge in [-0.05, 0) is 0 Å². The van der Waals surface area contributed by atoms with E-state index < -0.39 is 5.97 Å². The van der Waals surface area contributed by atoms with Gasteiger partial charge in [-0.2, -0.15) is 0 Å². The van der Waals surface area contributed by atoms with E-state index in [4.69, 9.17) is 5.11 Å². The van der Waals surface area contributed by atoms with Crippen molar-refractivity contribution in [3.8, 4) is 11.8 Å². The van der Waals surface area contributed by atoms with Crippen LogP contribution in [0, 0.1) is 11.8 Å². The lowest BCUT2D eigenvalue weighted by Crippen LogP contribution is -2.10. The van der Waals surface area contributed by atoms with E-state index in [1.54, 1.807) is 0 Å². The predicted molar refractivity (Wildman–Crippen MR) is 56.7 cm³/mol. The van der Waals surface area contributed by atoms with Crippen molar-refractivity contribution in [1.29, 1.82) is 0 Å². The molecule has 0 bridgehead atoms. The molecule has 16 heavy (non-hydrogen) atoms. The SMILES string of the molecule is COC(=O)c1cncnc1NCC#CCO. The summed E-state index contributed by atoms with van der Waals surface area (Å²) in [6.45, 7) is 0.0802. The number of esters is 1. The van der Waals surface area contributed by atoms with Gasteiger partial charge in [0.25, 0.3) is 0 Å². The summed E-state index contributed by atoms with van der Waals surface area (Å²) in [5.41, 5.74) is 0.246. The normalized spacial score (nSPS) is 8.88. The Morgan fingerprint density at radius 2 is 2.44 bits per heavy atom. The maximum atomic E-state index is 11.3. The summed E-state index contributed by atoms with van der Waals surface area (Å²) in [5, 5.41) is 11.3. The van der Waals surface area contributed by atoms with Crippen molar-refractivity contribution in [2.24, 2.45) is 0 Å². The molecule has 1 rings (SSSR count). The van der Waals surface area contributed by atoms with Gasteiger partial charge in [-0.15, -0.1) is 0 Å². The molecule has 6 heteroatoms. The number of carbonyl (C=O) groups excluding carboxylic acids is 1. The molecule has 2 N–H and O–H groups in total. The lowest BCUT2D eigenvalue weighted by Gasteiger charge is -2.05. The maximum absolute atomic E-state index is 11.3. The van der Waals surface area contributed by atoms with Crippen LogP contribution in [0.4, 0.5) is 5.82 Å². The minimum Gasteiger partial charge on any atom is -0.465 e. The van der Waals surface area contributed by atoms with Gasteiger partial charge in [0, 0.05) is 6.20 Å². The van der Waals surface area contributed by atoms with Crippen molar-refractivity contribution in [2.45, 2.75) is 0 Å². The second kappa shape index (κ2) is 6.37. The number of rotatable bonds is 3. The minimum absolute atomic E-state index is 0.199. The first-order chi connectivity index (χ1) is 7.79. The number of nitrogens with zero attached hydrogens (tertiary/aromatic N) is 2. The molecule has 0 aliphatic heterocycles. The van der Waals surface area contributed by atoms with Gasteiger partial charge >= 0.3 is 5.97 Å². The second-order valence-corrected chi connectivity index (χ2v) is 2.64. The molecule has 0 aliphatic rings. The molecule has 0 aromatic carbocycles. The molecule has 0 aliphatic carbocycles. The number of aliphatic hydroxyl groups is 1. The third-order valence-electron chi connectivity index (χ3n) is 1.67. The zero-order valence-electron chi connectivity index (χ0n) is 8.73. The fourth-order valence-electron chi connectivity index (χ4n) is 0.976. The van der Waals surface area contributed by atoms with E-state index in [0.717, 1.165) is 0 Å². The summed E-state index contributed by atoms with van der Waals surface area (Å²) in [7, 11) is 1.28. The van der Waals surface area contributed by atoms with Gasteiger partial charge < -0.3 is 15.2 Å². The minimum atomic E-state index is -0.516. The summed E-state index contributed by atoms with van der Waals surface area (Å²) in [4.78, 5) is 18.9. The molecule has 0 saturated heterocycles. The summed E-state index contributed by atoms with van der Waals surface area (Å²) >= 11 is 0. The number of nitrogens with one attached hydrogen (secondary N) is 1. The summed E-state index contributed by atoms with van der Waals surface area (Å²) in [6.07, 6.45) is 2.68. The predicted octanol–water partition coefficient (Wildman–Crippen LogP) is -0.329. The average Bonchev–Trinajstić information content (AvgIpc) is 2.34. The lowest BCUT2D eigenvalue weighted by molar-refractivity contribution is 0.0601. The molecule has 84 valence electrons. The molecule has 0 amide bonds. The second-order valence-electron chi connectivity index (χ2n) is 2.64. The quantitative estimate of drug-likeness (QED) is 0.537. The Morgan fingerprint density at radius 1 is 1.62 bits per heavy atom. The number of hydrogen-bond acceptors (Lipinski definition) is 6. The van der Waals surface area contributed by atoms with Crippen LogP contribution in [0.25, 0.3) is 0 Å². The van der Waals surface area contributed by atoms with E-state index in [1.807, 2.05) is 0 Å². The summed E-state index contributed by atoms with van der Waals surface area (Å²) in [6, 6.07) is 0. The molecule has 0 atom stereocenters. The Morgan fingerprint density at radius 3 is 3.12 bits per heavy atom. The monoisotopic (exact) mass is 221 g/mol. The third kappa shape index (κ3) is 3.22. The highest BCUT2D eigenvalue weighted by Gasteiger charge is 2.11. The molecule has 1 aromatic rings. The first-order valence-corrected chi connectivity index (χ1v) is 4.48. The van der Waals surface area contributed by atoms with Crippen LogP contribution in [0.15, 0.2) is 12.5 Å². The van der Waals surface area contributed by atoms with Gasteiger partial charge in [0.15, 0.2) is 0 Å². The fourth-order valence-corrected chi connectivity index (χ4v) is 0.976. The van der Waals surface area contributed by atoms with Gasteiger partial charge in [-0.1, -0.05) is 11.8 Å². The van der Waals surface area contributed by atoms with Gasteiger partial charge in [0.05, 0.1) is 13.7 Å². The topological polar surface area (TPSA) is 84.3 Å². The van der Waals surface area contributed by atoms with Crippen LogP contribution in [0.5, 0.6) is 0 Å². The highest BCUT2D eigenvalue weighted by atomic mass is 16.5. The largest absolute Gasteiger partial charge is 0.465 e. The van der Waals surface area contributed by atoms with Gasteiger partial charge in [-0.25, -0.2) is 14.8 Å². The molecule has 0 radical (unpaired) electrons. The first kappa shape index (κ1) is 11.9. The third-order valence-corrected chi connectivity index (χ3v) is 1.67. The lowest BCUT2D eigenvalue weighted by atomic mass is 10.3. The molecule has 0 unspecified atom stereocenters. The number of carbonyl (C=O) groups is 1. The zero-order chi connectivity index (χ0) is 11.8. The van der Waals surface area contributed by atoms with Crippen molar-refractivity contribution in [2.75, 3.05) is 25.6 Å². The van der Waals surface area contributed by atoms with Crippen molar-refractivity contribution < 1.29 is 14.6 Å². The van der Waals surface area contributed by atoms with E-state index in [1.165, 1.54) is 19.6 Å². The molecule has 0 saturated carbocycles. The van der Waals surface area contributed by atoms with Gasteiger partial charge in [0.1, 0.15) is 24.3 Å². The maximum Gasteiger partial charge on any atom is 0.343 e. The molecular formula is C10H11N3O3. The first-order valence-electron chi connectivity index (χ1n) is 4.48. The smallest absolute Gasteiger partial charge is 0.343 e. The Bertz CT molecular complexity index is 423. The number of methoxy groups -OCH3 is 1. The highest BCUT2D eigenvalue weighted by Crippen LogP contribution is 2.10. The molecule has 1 aromatic heterocycles. The van der Waals surface area contributed by atoms with Crippen LogP contribution >= 0.6 is 0 Å². The summed E-state index contributed by atoms with van der Waals surface area (Å²) < 4.78 is 4.57. The van der Waals surface area contributed by atoms with Crippen LogP contribution < -0.4 is 5.32 Å². The Balaban J connectivity index is 2.75. The Kier molecular flexibility index (Phi) is 4.76.